The fourth-order valence-electron chi connectivity index (χ4n) is 2.69. The standard InChI is InChI=1S/C21H22BrN3O3/c1-3-25-20(19(22)12-24-25)13-23-21(26)16-6-4-15(5-7-16)14-28-18-10-8-17(27-2)9-11-18/h4-12H,3,13-14H2,1-2H3,(H,23,26). The number of carbonyl (C=O) groups is 1. The van der Waals surface area contributed by atoms with E-state index in [1.165, 1.54) is 0 Å². The average Bonchev–Trinajstić information content (AvgIpc) is 3.10. The Balaban J connectivity index is 1.54. The first kappa shape index (κ1) is 19.9. The molecular weight excluding hydrogens is 422 g/mol. The average molecular weight is 444 g/mol. The van der Waals surface area contributed by atoms with E-state index >= 15 is 0 Å². The molecule has 1 aromatic heterocycles. The van der Waals surface area contributed by atoms with Gasteiger partial charge in [0.15, 0.2) is 0 Å². The van der Waals surface area contributed by atoms with Gasteiger partial charge < -0.3 is 14.8 Å². The summed E-state index contributed by atoms with van der Waals surface area (Å²) in [4.78, 5) is 12.4. The number of hydrogen-bond acceptors (Lipinski definition) is 4. The molecule has 0 aliphatic carbocycles. The van der Waals surface area contributed by atoms with Crippen molar-refractivity contribution < 1.29 is 14.3 Å². The minimum atomic E-state index is -0.127. The summed E-state index contributed by atoms with van der Waals surface area (Å²) in [6, 6.07) is 14.8. The van der Waals surface area contributed by atoms with Crippen molar-refractivity contribution in [1.29, 1.82) is 0 Å². The molecule has 0 atom stereocenters. The monoisotopic (exact) mass is 443 g/mol. The molecule has 0 bridgehead atoms. The third-order valence-corrected chi connectivity index (χ3v) is 4.96. The van der Waals surface area contributed by atoms with Crippen LogP contribution in [-0.2, 0) is 19.7 Å². The maximum atomic E-state index is 12.4. The molecule has 2 aromatic carbocycles. The maximum Gasteiger partial charge on any atom is 0.251 e. The van der Waals surface area contributed by atoms with Gasteiger partial charge in [0.25, 0.3) is 5.91 Å². The van der Waals surface area contributed by atoms with E-state index in [0.717, 1.165) is 33.8 Å². The van der Waals surface area contributed by atoms with Gasteiger partial charge in [0.1, 0.15) is 18.1 Å². The number of hydrogen-bond donors (Lipinski definition) is 1. The molecule has 0 aliphatic rings. The number of benzene rings is 2. The Morgan fingerprint density at radius 2 is 1.79 bits per heavy atom. The number of halogens is 1. The highest BCUT2D eigenvalue weighted by Gasteiger charge is 2.11. The number of aryl methyl sites for hydroxylation is 1. The lowest BCUT2D eigenvalue weighted by molar-refractivity contribution is 0.0949. The van der Waals surface area contributed by atoms with Gasteiger partial charge in [-0.3, -0.25) is 9.48 Å². The summed E-state index contributed by atoms with van der Waals surface area (Å²) in [5, 5.41) is 7.18. The van der Waals surface area contributed by atoms with Gasteiger partial charge in [-0.1, -0.05) is 12.1 Å². The first-order chi connectivity index (χ1) is 13.6. The summed E-state index contributed by atoms with van der Waals surface area (Å²) in [5.41, 5.74) is 2.53. The number of nitrogens with one attached hydrogen (secondary N) is 1. The van der Waals surface area contributed by atoms with Crippen LogP contribution in [0.15, 0.2) is 59.2 Å². The second-order valence-corrected chi connectivity index (χ2v) is 6.95. The highest BCUT2D eigenvalue weighted by atomic mass is 79.9. The van der Waals surface area contributed by atoms with Crippen LogP contribution in [0.5, 0.6) is 11.5 Å². The van der Waals surface area contributed by atoms with Crippen LogP contribution in [0.3, 0.4) is 0 Å². The Bertz CT molecular complexity index is 921. The van der Waals surface area contributed by atoms with Crippen molar-refractivity contribution >= 4 is 21.8 Å². The van der Waals surface area contributed by atoms with Gasteiger partial charge in [-0.25, -0.2) is 0 Å². The largest absolute Gasteiger partial charge is 0.497 e. The van der Waals surface area contributed by atoms with E-state index in [9.17, 15) is 4.79 Å². The fraction of sp³-hybridized carbons (Fsp3) is 0.238. The van der Waals surface area contributed by atoms with E-state index in [4.69, 9.17) is 9.47 Å². The zero-order valence-corrected chi connectivity index (χ0v) is 17.4. The van der Waals surface area contributed by atoms with E-state index in [1.54, 1.807) is 25.4 Å². The lowest BCUT2D eigenvalue weighted by Gasteiger charge is -2.09. The molecule has 0 radical (unpaired) electrons. The minimum absolute atomic E-state index is 0.127. The zero-order valence-electron chi connectivity index (χ0n) is 15.8. The lowest BCUT2D eigenvalue weighted by atomic mass is 10.1. The Morgan fingerprint density at radius 3 is 2.43 bits per heavy atom. The van der Waals surface area contributed by atoms with Crippen molar-refractivity contribution in [2.45, 2.75) is 26.6 Å². The summed E-state index contributed by atoms with van der Waals surface area (Å²) in [7, 11) is 1.63. The number of nitrogens with zero attached hydrogens (tertiary/aromatic N) is 2. The van der Waals surface area contributed by atoms with Crippen molar-refractivity contribution in [3.8, 4) is 11.5 Å². The molecule has 1 amide bonds. The molecular formula is C21H22BrN3O3. The molecule has 0 saturated carbocycles. The number of methoxy groups -OCH3 is 1. The molecule has 0 unspecified atom stereocenters. The van der Waals surface area contributed by atoms with Crippen LogP contribution in [0, 0.1) is 0 Å². The van der Waals surface area contributed by atoms with Gasteiger partial charge in [-0.2, -0.15) is 5.10 Å². The van der Waals surface area contributed by atoms with E-state index in [1.807, 2.05) is 48.0 Å². The van der Waals surface area contributed by atoms with Crippen molar-refractivity contribution in [3.05, 3.63) is 76.0 Å². The molecule has 7 heteroatoms. The Hall–Kier alpha value is -2.80. The van der Waals surface area contributed by atoms with Gasteiger partial charge in [0, 0.05) is 12.1 Å². The third kappa shape index (κ3) is 4.92. The molecule has 28 heavy (non-hydrogen) atoms. The maximum absolute atomic E-state index is 12.4. The highest BCUT2D eigenvalue weighted by molar-refractivity contribution is 9.10. The van der Waals surface area contributed by atoms with E-state index < -0.39 is 0 Å². The molecule has 1 N–H and O–H groups in total. The molecule has 3 rings (SSSR count). The molecule has 3 aromatic rings. The number of ether oxygens (including phenoxy) is 2. The lowest BCUT2D eigenvalue weighted by Crippen LogP contribution is -2.24. The van der Waals surface area contributed by atoms with Crippen LogP contribution in [0.4, 0.5) is 0 Å². The molecule has 0 aliphatic heterocycles. The van der Waals surface area contributed by atoms with Crippen LogP contribution in [0.2, 0.25) is 0 Å². The van der Waals surface area contributed by atoms with Gasteiger partial charge in [-0.15, -0.1) is 0 Å². The van der Waals surface area contributed by atoms with Crippen LogP contribution in [0.25, 0.3) is 0 Å². The van der Waals surface area contributed by atoms with Crippen molar-refractivity contribution in [3.63, 3.8) is 0 Å². The van der Waals surface area contributed by atoms with Crippen molar-refractivity contribution in [2.75, 3.05) is 7.11 Å². The van der Waals surface area contributed by atoms with E-state index in [0.29, 0.717) is 18.7 Å². The molecule has 146 valence electrons. The normalized spacial score (nSPS) is 10.5. The molecule has 0 spiro atoms. The molecule has 0 saturated heterocycles. The van der Waals surface area contributed by atoms with Crippen LogP contribution in [0.1, 0.15) is 28.5 Å². The number of carbonyl (C=O) groups excluding carboxylic acids is 1. The SMILES string of the molecule is CCn1ncc(Br)c1CNC(=O)c1ccc(COc2ccc(OC)cc2)cc1. The third-order valence-electron chi connectivity index (χ3n) is 4.29. The predicted octanol–water partition coefficient (Wildman–Crippen LogP) is 4.18. The summed E-state index contributed by atoms with van der Waals surface area (Å²) in [6.07, 6.45) is 1.74. The number of amides is 1. The summed E-state index contributed by atoms with van der Waals surface area (Å²) < 4.78 is 13.6. The Morgan fingerprint density at radius 1 is 1.11 bits per heavy atom. The van der Waals surface area contributed by atoms with E-state index in [-0.39, 0.29) is 5.91 Å². The quantitative estimate of drug-likeness (QED) is 0.566. The van der Waals surface area contributed by atoms with Gasteiger partial charge >= 0.3 is 0 Å². The van der Waals surface area contributed by atoms with Crippen LogP contribution >= 0.6 is 15.9 Å². The van der Waals surface area contributed by atoms with E-state index in [2.05, 4.69) is 26.3 Å². The van der Waals surface area contributed by atoms with Gasteiger partial charge in [-0.05, 0) is 64.8 Å². The number of aromatic nitrogens is 2. The Kier molecular flexibility index (Phi) is 6.71. The second-order valence-electron chi connectivity index (χ2n) is 6.10. The number of rotatable bonds is 8. The smallest absolute Gasteiger partial charge is 0.251 e. The van der Waals surface area contributed by atoms with Gasteiger partial charge in [0.2, 0.25) is 0 Å². The highest BCUT2D eigenvalue weighted by Crippen LogP contribution is 2.19. The summed E-state index contributed by atoms with van der Waals surface area (Å²) in [6.45, 7) is 3.60. The topological polar surface area (TPSA) is 65.4 Å². The fourth-order valence-corrected chi connectivity index (χ4v) is 3.13. The molecule has 0 fully saturated rings. The molecule has 6 nitrogen and oxygen atoms in total. The van der Waals surface area contributed by atoms with Crippen molar-refractivity contribution in [2.24, 2.45) is 0 Å². The van der Waals surface area contributed by atoms with Crippen molar-refractivity contribution in [1.82, 2.24) is 15.1 Å². The van der Waals surface area contributed by atoms with Crippen LogP contribution < -0.4 is 14.8 Å². The zero-order chi connectivity index (χ0) is 19.9. The summed E-state index contributed by atoms with van der Waals surface area (Å²) >= 11 is 3.46. The second kappa shape index (κ2) is 9.41. The Labute approximate surface area is 172 Å². The summed E-state index contributed by atoms with van der Waals surface area (Å²) in [5.74, 6) is 1.43. The minimum Gasteiger partial charge on any atom is -0.497 e. The van der Waals surface area contributed by atoms with Crippen LogP contribution in [-0.4, -0.2) is 22.8 Å². The first-order valence-electron chi connectivity index (χ1n) is 8.95. The predicted molar refractivity (Wildman–Crippen MR) is 111 cm³/mol. The van der Waals surface area contributed by atoms with Gasteiger partial charge in [0.05, 0.1) is 30.0 Å². The molecule has 1 heterocycles. The first-order valence-corrected chi connectivity index (χ1v) is 9.74.